The summed E-state index contributed by atoms with van der Waals surface area (Å²) in [7, 11) is 0. The van der Waals surface area contributed by atoms with E-state index in [1.54, 1.807) is 6.08 Å². The lowest BCUT2D eigenvalue weighted by Gasteiger charge is -2.23. The van der Waals surface area contributed by atoms with Gasteiger partial charge in [0, 0.05) is 6.42 Å². The lowest BCUT2D eigenvalue weighted by atomic mass is 10.0. The number of carboxylic acids is 1. The monoisotopic (exact) mass is 382 g/mol. The summed E-state index contributed by atoms with van der Waals surface area (Å²) in [5.41, 5.74) is 3.75. The Bertz CT molecular complexity index is 812. The molecule has 0 aliphatic carbocycles. The van der Waals surface area contributed by atoms with Crippen LogP contribution in [0.1, 0.15) is 41.5 Å². The van der Waals surface area contributed by atoms with Crippen molar-refractivity contribution in [2.45, 2.75) is 46.0 Å². The fraction of sp³-hybridized carbons (Fsp3) is 0.348. The first-order valence-corrected chi connectivity index (χ1v) is 9.54. The number of carboxylic acid groups (broad SMARTS) is 1. The van der Waals surface area contributed by atoms with Gasteiger partial charge in [0.25, 0.3) is 0 Å². The van der Waals surface area contributed by atoms with Crippen molar-refractivity contribution in [1.82, 2.24) is 0 Å². The maximum atomic E-state index is 11.6. The molecule has 1 aliphatic rings. The standard InChI is InChI=1S/C23H26O5/c1-16-12-19(14-20(23(24)25)28-21-10-6-7-11-26-21)13-17(2)22(16)27-15-18-8-4-3-5-9-18/h3-5,8-9,12-14,21H,6-7,10-11,15H2,1-2H3,(H,24,25). The van der Waals surface area contributed by atoms with Crippen LogP contribution < -0.4 is 4.74 Å². The normalized spacial score (nSPS) is 17.2. The lowest BCUT2D eigenvalue weighted by Crippen LogP contribution is -2.24. The topological polar surface area (TPSA) is 65.0 Å². The van der Waals surface area contributed by atoms with Gasteiger partial charge in [-0.2, -0.15) is 0 Å². The predicted octanol–water partition coefficient (Wildman–Crippen LogP) is 4.85. The van der Waals surface area contributed by atoms with E-state index in [0.717, 1.165) is 40.8 Å². The molecule has 148 valence electrons. The van der Waals surface area contributed by atoms with Gasteiger partial charge in [0.1, 0.15) is 12.4 Å². The molecule has 2 aromatic rings. The highest BCUT2D eigenvalue weighted by Crippen LogP contribution is 2.27. The van der Waals surface area contributed by atoms with Gasteiger partial charge in [0.05, 0.1) is 6.61 Å². The first-order chi connectivity index (χ1) is 13.5. The lowest BCUT2D eigenvalue weighted by molar-refractivity contribution is -0.159. The van der Waals surface area contributed by atoms with Gasteiger partial charge in [0.2, 0.25) is 5.76 Å². The predicted molar refractivity (Wildman–Crippen MR) is 107 cm³/mol. The van der Waals surface area contributed by atoms with E-state index in [9.17, 15) is 9.90 Å². The summed E-state index contributed by atoms with van der Waals surface area (Å²) in [5, 5.41) is 9.50. The third-order valence-electron chi connectivity index (χ3n) is 4.61. The quantitative estimate of drug-likeness (QED) is 0.548. The molecule has 1 atom stereocenters. The maximum Gasteiger partial charge on any atom is 0.371 e. The molecular weight excluding hydrogens is 356 g/mol. The van der Waals surface area contributed by atoms with Crippen molar-refractivity contribution in [3.63, 3.8) is 0 Å². The molecule has 0 bridgehead atoms. The molecule has 5 nitrogen and oxygen atoms in total. The first kappa shape index (κ1) is 20.0. The van der Waals surface area contributed by atoms with Crippen molar-refractivity contribution >= 4 is 12.0 Å². The van der Waals surface area contributed by atoms with Crippen molar-refractivity contribution < 1.29 is 24.1 Å². The Labute approximate surface area is 165 Å². The van der Waals surface area contributed by atoms with Gasteiger partial charge in [-0.15, -0.1) is 0 Å². The first-order valence-electron chi connectivity index (χ1n) is 9.54. The van der Waals surface area contributed by atoms with Gasteiger partial charge in [-0.25, -0.2) is 4.79 Å². The van der Waals surface area contributed by atoms with Crippen LogP contribution in [-0.2, 0) is 20.9 Å². The Hall–Kier alpha value is -2.79. The molecule has 0 aromatic heterocycles. The molecule has 0 spiro atoms. The third-order valence-corrected chi connectivity index (χ3v) is 4.61. The molecular formula is C23H26O5. The summed E-state index contributed by atoms with van der Waals surface area (Å²) in [6, 6.07) is 13.8. The van der Waals surface area contributed by atoms with E-state index >= 15 is 0 Å². The van der Waals surface area contributed by atoms with Crippen LogP contribution in [-0.4, -0.2) is 24.0 Å². The number of aliphatic carboxylic acids is 1. The second-order valence-corrected chi connectivity index (χ2v) is 6.99. The molecule has 1 aliphatic heterocycles. The number of hydrogen-bond donors (Lipinski definition) is 1. The fourth-order valence-electron chi connectivity index (χ4n) is 3.27. The summed E-state index contributed by atoms with van der Waals surface area (Å²) >= 11 is 0. The van der Waals surface area contributed by atoms with Gasteiger partial charge >= 0.3 is 5.97 Å². The summed E-state index contributed by atoms with van der Waals surface area (Å²) in [5.74, 6) is -0.396. The van der Waals surface area contributed by atoms with Crippen molar-refractivity contribution in [2.75, 3.05) is 6.61 Å². The molecule has 1 saturated heterocycles. The molecule has 0 saturated carbocycles. The number of hydrogen-bond acceptors (Lipinski definition) is 4. The number of benzene rings is 2. The number of rotatable bonds is 7. The Morgan fingerprint density at radius 3 is 2.50 bits per heavy atom. The maximum absolute atomic E-state index is 11.6. The molecule has 1 heterocycles. The van der Waals surface area contributed by atoms with E-state index < -0.39 is 12.3 Å². The zero-order valence-electron chi connectivity index (χ0n) is 16.3. The molecule has 3 rings (SSSR count). The van der Waals surface area contributed by atoms with E-state index in [1.807, 2.05) is 56.3 Å². The Morgan fingerprint density at radius 1 is 1.18 bits per heavy atom. The van der Waals surface area contributed by atoms with Crippen molar-refractivity contribution in [3.8, 4) is 5.75 Å². The van der Waals surface area contributed by atoms with Crippen LogP contribution in [0.25, 0.3) is 6.08 Å². The number of carbonyl (C=O) groups is 1. The van der Waals surface area contributed by atoms with Crippen LogP contribution in [0, 0.1) is 13.8 Å². The van der Waals surface area contributed by atoms with Crippen molar-refractivity contribution in [3.05, 3.63) is 70.5 Å². The summed E-state index contributed by atoms with van der Waals surface area (Å²) in [6.45, 7) is 5.00. The van der Waals surface area contributed by atoms with Crippen LogP contribution in [0.4, 0.5) is 0 Å². The molecule has 28 heavy (non-hydrogen) atoms. The summed E-state index contributed by atoms with van der Waals surface area (Å²) < 4.78 is 17.1. The van der Waals surface area contributed by atoms with E-state index in [1.165, 1.54) is 0 Å². The SMILES string of the molecule is Cc1cc(C=C(OC2CCCCO2)C(=O)O)cc(C)c1OCc1ccccc1. The van der Waals surface area contributed by atoms with E-state index in [2.05, 4.69) is 0 Å². The Morgan fingerprint density at radius 2 is 1.89 bits per heavy atom. The average molecular weight is 382 g/mol. The highest BCUT2D eigenvalue weighted by molar-refractivity contribution is 5.90. The van der Waals surface area contributed by atoms with Crippen LogP contribution in [0.15, 0.2) is 48.2 Å². The molecule has 1 unspecified atom stereocenters. The van der Waals surface area contributed by atoms with Crippen molar-refractivity contribution in [2.24, 2.45) is 0 Å². The molecule has 1 fully saturated rings. The van der Waals surface area contributed by atoms with Crippen LogP contribution in [0.5, 0.6) is 5.75 Å². The van der Waals surface area contributed by atoms with E-state index in [-0.39, 0.29) is 5.76 Å². The van der Waals surface area contributed by atoms with Crippen LogP contribution in [0.3, 0.4) is 0 Å². The van der Waals surface area contributed by atoms with Crippen LogP contribution >= 0.6 is 0 Å². The minimum absolute atomic E-state index is 0.108. The Kier molecular flexibility index (Phi) is 6.71. The molecule has 1 N–H and O–H groups in total. The van der Waals surface area contributed by atoms with Gasteiger partial charge in [-0.05, 0) is 67.2 Å². The highest BCUT2D eigenvalue weighted by Gasteiger charge is 2.20. The second-order valence-electron chi connectivity index (χ2n) is 6.99. The smallest absolute Gasteiger partial charge is 0.371 e. The van der Waals surface area contributed by atoms with Gasteiger partial charge in [-0.1, -0.05) is 30.3 Å². The molecule has 0 amide bonds. The average Bonchev–Trinajstić information content (AvgIpc) is 2.68. The van der Waals surface area contributed by atoms with Gasteiger partial charge in [0.15, 0.2) is 6.29 Å². The largest absolute Gasteiger partial charge is 0.488 e. The van der Waals surface area contributed by atoms with Gasteiger partial charge in [-0.3, -0.25) is 0 Å². The Balaban J connectivity index is 1.75. The molecule has 5 heteroatoms. The minimum atomic E-state index is -1.10. The summed E-state index contributed by atoms with van der Waals surface area (Å²) in [4.78, 5) is 11.6. The van der Waals surface area contributed by atoms with E-state index in [4.69, 9.17) is 14.2 Å². The third kappa shape index (κ3) is 5.36. The van der Waals surface area contributed by atoms with Crippen molar-refractivity contribution in [1.29, 1.82) is 0 Å². The molecule has 2 aromatic carbocycles. The second kappa shape index (κ2) is 9.42. The summed E-state index contributed by atoms with van der Waals surface area (Å²) in [6.07, 6.45) is 3.71. The minimum Gasteiger partial charge on any atom is -0.488 e. The number of ether oxygens (including phenoxy) is 3. The number of aryl methyl sites for hydroxylation is 2. The molecule has 0 radical (unpaired) electrons. The van der Waals surface area contributed by atoms with Gasteiger partial charge < -0.3 is 19.3 Å². The van der Waals surface area contributed by atoms with E-state index in [0.29, 0.717) is 19.6 Å². The highest BCUT2D eigenvalue weighted by atomic mass is 16.7. The van der Waals surface area contributed by atoms with Crippen LogP contribution in [0.2, 0.25) is 0 Å². The zero-order valence-corrected chi connectivity index (χ0v) is 16.3. The fourth-order valence-corrected chi connectivity index (χ4v) is 3.27. The zero-order chi connectivity index (χ0) is 19.9.